The summed E-state index contributed by atoms with van der Waals surface area (Å²) >= 11 is 0. The van der Waals surface area contributed by atoms with Gasteiger partial charge in [0.05, 0.1) is 13.7 Å². The van der Waals surface area contributed by atoms with Crippen molar-refractivity contribution in [2.45, 2.75) is 18.9 Å². The van der Waals surface area contributed by atoms with Gasteiger partial charge in [-0.1, -0.05) is 6.07 Å². The molecule has 1 aromatic carbocycles. The summed E-state index contributed by atoms with van der Waals surface area (Å²) in [6.07, 6.45) is 0. The first-order valence-corrected chi connectivity index (χ1v) is 7.77. The number of methoxy groups -OCH3 is 1. The molecule has 1 heterocycles. The average Bonchev–Trinajstić information content (AvgIpc) is 2.57. The highest BCUT2D eigenvalue weighted by Crippen LogP contribution is 2.39. The van der Waals surface area contributed by atoms with Crippen LogP contribution in [0.3, 0.4) is 0 Å². The fraction of sp³-hybridized carbons (Fsp3) is 0.625. The van der Waals surface area contributed by atoms with Crippen LogP contribution in [0.4, 0.5) is 8.78 Å². The van der Waals surface area contributed by atoms with E-state index < -0.39 is 18.6 Å². The molecule has 2 rings (SSSR count). The fourth-order valence-corrected chi connectivity index (χ4v) is 2.88. The minimum Gasteiger partial charge on any atom is -0.493 e. The van der Waals surface area contributed by atoms with Crippen LogP contribution in [0.1, 0.15) is 18.5 Å². The van der Waals surface area contributed by atoms with Gasteiger partial charge in [0.25, 0.3) is 5.92 Å². The third kappa shape index (κ3) is 4.69. The Morgan fingerprint density at radius 2 is 1.96 bits per heavy atom. The third-order valence-electron chi connectivity index (χ3n) is 3.93. The first-order valence-electron chi connectivity index (χ1n) is 7.77. The maximum absolute atomic E-state index is 14.4. The van der Waals surface area contributed by atoms with Crippen molar-refractivity contribution in [3.05, 3.63) is 23.8 Å². The second-order valence-corrected chi connectivity index (χ2v) is 5.45. The molecule has 1 aliphatic rings. The summed E-state index contributed by atoms with van der Waals surface area (Å²) in [6, 6.07) is 3.63. The smallest absolute Gasteiger partial charge is 0.289 e. The van der Waals surface area contributed by atoms with E-state index in [1.165, 1.54) is 7.11 Å². The summed E-state index contributed by atoms with van der Waals surface area (Å²) in [7, 11) is 1.48. The van der Waals surface area contributed by atoms with Gasteiger partial charge in [-0.3, -0.25) is 4.90 Å². The number of alkyl halides is 2. The summed E-state index contributed by atoms with van der Waals surface area (Å²) in [6.45, 7) is 3.39. The van der Waals surface area contributed by atoms with Crippen molar-refractivity contribution in [3.63, 3.8) is 0 Å². The van der Waals surface area contributed by atoms with E-state index in [1.807, 2.05) is 6.92 Å². The molecule has 2 N–H and O–H groups in total. The second-order valence-electron chi connectivity index (χ2n) is 5.45. The van der Waals surface area contributed by atoms with E-state index in [0.29, 0.717) is 49.8 Å². The predicted octanol–water partition coefficient (Wildman–Crippen LogP) is 2.09. The molecule has 1 fully saturated rings. The molecule has 0 saturated carbocycles. The van der Waals surface area contributed by atoms with Crippen LogP contribution in [-0.4, -0.2) is 62.4 Å². The summed E-state index contributed by atoms with van der Waals surface area (Å²) < 4.78 is 39.5. The molecule has 138 valence electrons. The van der Waals surface area contributed by atoms with Gasteiger partial charge in [-0.2, -0.15) is 0 Å². The monoisotopic (exact) mass is 366 g/mol. The Morgan fingerprint density at radius 1 is 1.29 bits per heavy atom. The Morgan fingerprint density at radius 3 is 2.50 bits per heavy atom. The second kappa shape index (κ2) is 9.36. The van der Waals surface area contributed by atoms with E-state index in [1.54, 1.807) is 23.1 Å². The van der Waals surface area contributed by atoms with Gasteiger partial charge in [-0.05, 0) is 24.6 Å². The van der Waals surface area contributed by atoms with Crippen molar-refractivity contribution in [2.24, 2.45) is 0 Å². The van der Waals surface area contributed by atoms with Crippen LogP contribution >= 0.6 is 12.4 Å². The number of hydrogen-bond donors (Lipinski definition) is 2. The van der Waals surface area contributed by atoms with Crippen LogP contribution in [0.2, 0.25) is 0 Å². The number of rotatable bonds is 7. The number of ether oxygens (including phenoxy) is 2. The van der Waals surface area contributed by atoms with Gasteiger partial charge in [-0.15, -0.1) is 12.4 Å². The molecule has 0 amide bonds. The van der Waals surface area contributed by atoms with E-state index in [4.69, 9.17) is 9.47 Å². The maximum Gasteiger partial charge on any atom is 0.289 e. The van der Waals surface area contributed by atoms with Gasteiger partial charge in [-0.25, -0.2) is 8.78 Å². The number of halogens is 3. The molecule has 1 saturated heterocycles. The van der Waals surface area contributed by atoms with Crippen LogP contribution in [-0.2, 0) is 0 Å². The number of nitrogens with zero attached hydrogens (tertiary/aromatic N) is 1. The van der Waals surface area contributed by atoms with Crippen molar-refractivity contribution in [2.75, 3.05) is 46.5 Å². The number of piperazine rings is 1. The molecule has 1 aliphatic heterocycles. The van der Waals surface area contributed by atoms with E-state index in [9.17, 15) is 13.9 Å². The van der Waals surface area contributed by atoms with Gasteiger partial charge in [0.2, 0.25) is 0 Å². The molecule has 1 atom stereocenters. The number of aliphatic hydroxyl groups is 1. The van der Waals surface area contributed by atoms with Gasteiger partial charge >= 0.3 is 0 Å². The maximum atomic E-state index is 14.4. The largest absolute Gasteiger partial charge is 0.493 e. The summed E-state index contributed by atoms with van der Waals surface area (Å²) in [5, 5.41) is 12.3. The van der Waals surface area contributed by atoms with Crippen LogP contribution in [0.15, 0.2) is 18.2 Å². The zero-order valence-corrected chi connectivity index (χ0v) is 14.7. The van der Waals surface area contributed by atoms with Crippen molar-refractivity contribution in [3.8, 4) is 11.5 Å². The number of benzene rings is 1. The van der Waals surface area contributed by atoms with E-state index >= 15 is 0 Å². The van der Waals surface area contributed by atoms with Crippen molar-refractivity contribution in [1.82, 2.24) is 10.2 Å². The minimum atomic E-state index is -3.24. The number of aliphatic hydroxyl groups excluding tert-OH is 1. The molecule has 0 radical (unpaired) electrons. The Balaban J connectivity index is 0.00000288. The van der Waals surface area contributed by atoms with Gasteiger partial charge in [0, 0.05) is 26.2 Å². The summed E-state index contributed by atoms with van der Waals surface area (Å²) in [5.74, 6) is -2.31. The highest BCUT2D eigenvalue weighted by atomic mass is 35.5. The first kappa shape index (κ1) is 20.9. The molecule has 0 aromatic heterocycles. The van der Waals surface area contributed by atoms with Gasteiger partial charge < -0.3 is 19.9 Å². The molecule has 8 heteroatoms. The van der Waals surface area contributed by atoms with Gasteiger partial charge in [0.15, 0.2) is 11.5 Å². The van der Waals surface area contributed by atoms with Crippen LogP contribution in [0.25, 0.3) is 0 Å². The van der Waals surface area contributed by atoms with Crippen LogP contribution < -0.4 is 14.8 Å². The zero-order valence-electron chi connectivity index (χ0n) is 13.9. The predicted molar refractivity (Wildman–Crippen MR) is 90.6 cm³/mol. The zero-order chi connectivity index (χ0) is 16.9. The van der Waals surface area contributed by atoms with Crippen LogP contribution in [0, 0.1) is 0 Å². The minimum absolute atomic E-state index is 0. The summed E-state index contributed by atoms with van der Waals surface area (Å²) in [5.41, 5.74) is 0.409. The topological polar surface area (TPSA) is 54.0 Å². The van der Waals surface area contributed by atoms with E-state index in [0.717, 1.165) is 0 Å². The van der Waals surface area contributed by atoms with E-state index in [-0.39, 0.29) is 12.4 Å². The summed E-state index contributed by atoms with van der Waals surface area (Å²) in [4.78, 5) is 1.70. The molecular formula is C16H25ClF2N2O3. The van der Waals surface area contributed by atoms with Gasteiger partial charge in [0.1, 0.15) is 12.6 Å². The Labute approximate surface area is 147 Å². The molecule has 0 unspecified atom stereocenters. The molecule has 1 aromatic rings. The Bertz CT molecular complexity index is 514. The molecule has 0 spiro atoms. The molecule has 0 aliphatic carbocycles. The van der Waals surface area contributed by atoms with Crippen molar-refractivity contribution >= 4 is 12.4 Å². The standard InChI is InChI=1S/C16H24F2N2O3.ClH/c1-3-23-13-5-4-12(10-14(13)22-2)15(16(17,18)11-21)20-8-6-19-7-9-20;/h4-5,10,15,19,21H,3,6-9,11H2,1-2H3;1H/t15-;/m1./s1. The normalized spacial score (nSPS) is 17.0. The molecular weight excluding hydrogens is 342 g/mol. The highest BCUT2D eigenvalue weighted by molar-refractivity contribution is 5.85. The lowest BCUT2D eigenvalue weighted by atomic mass is 9.97. The van der Waals surface area contributed by atoms with Crippen molar-refractivity contribution in [1.29, 1.82) is 0 Å². The first-order chi connectivity index (χ1) is 11.0. The highest BCUT2D eigenvalue weighted by Gasteiger charge is 2.44. The van der Waals surface area contributed by atoms with Crippen molar-refractivity contribution < 1.29 is 23.4 Å². The van der Waals surface area contributed by atoms with E-state index in [2.05, 4.69) is 5.32 Å². The molecule has 0 bridgehead atoms. The fourth-order valence-electron chi connectivity index (χ4n) is 2.88. The molecule has 5 nitrogen and oxygen atoms in total. The Hall–Kier alpha value is -1.15. The average molecular weight is 367 g/mol. The number of hydrogen-bond acceptors (Lipinski definition) is 5. The lowest BCUT2D eigenvalue weighted by Crippen LogP contribution is -2.51. The quantitative estimate of drug-likeness (QED) is 0.774. The van der Waals surface area contributed by atoms with Crippen LogP contribution in [0.5, 0.6) is 11.5 Å². The molecule has 24 heavy (non-hydrogen) atoms. The Kier molecular flexibility index (Phi) is 8.15. The lowest BCUT2D eigenvalue weighted by Gasteiger charge is -2.38. The lowest BCUT2D eigenvalue weighted by molar-refractivity contribution is -0.118. The third-order valence-corrected chi connectivity index (χ3v) is 3.93. The SMILES string of the molecule is CCOc1ccc([C@@H](N2CCNCC2)C(F)(F)CO)cc1OC.Cl. The number of nitrogens with one attached hydrogen (secondary N) is 1.